The van der Waals surface area contributed by atoms with E-state index in [1.165, 1.54) is 17.4 Å². The summed E-state index contributed by atoms with van der Waals surface area (Å²) < 4.78 is 13.7. The molecule has 0 bridgehead atoms. The summed E-state index contributed by atoms with van der Waals surface area (Å²) in [6.07, 6.45) is 1.79. The van der Waals surface area contributed by atoms with Gasteiger partial charge in [0.2, 0.25) is 0 Å². The van der Waals surface area contributed by atoms with E-state index >= 15 is 0 Å². The van der Waals surface area contributed by atoms with Crippen molar-refractivity contribution in [3.63, 3.8) is 0 Å². The van der Waals surface area contributed by atoms with E-state index in [1.54, 1.807) is 12.3 Å². The quantitative estimate of drug-likeness (QED) is 0.913. The van der Waals surface area contributed by atoms with E-state index in [9.17, 15) is 4.39 Å². The van der Waals surface area contributed by atoms with Crippen molar-refractivity contribution in [3.8, 4) is 0 Å². The van der Waals surface area contributed by atoms with Gasteiger partial charge < -0.3 is 5.73 Å². The molecule has 0 aliphatic heterocycles. The number of hydrogen-bond acceptors (Lipinski definition) is 4. The predicted molar refractivity (Wildman–Crippen MR) is 77.3 cm³/mol. The highest BCUT2D eigenvalue weighted by atomic mass is 32.1. The Balaban J connectivity index is 2.11. The Morgan fingerprint density at radius 3 is 2.63 bits per heavy atom. The molecule has 0 atom stereocenters. The molecule has 0 amide bonds. The summed E-state index contributed by atoms with van der Waals surface area (Å²) in [4.78, 5) is 7.35. The van der Waals surface area contributed by atoms with E-state index in [-0.39, 0.29) is 5.82 Å². The maximum Gasteiger partial charge on any atom is 0.180 e. The summed E-state index contributed by atoms with van der Waals surface area (Å²) in [6.45, 7) is 5.53. The third kappa shape index (κ3) is 3.75. The zero-order chi connectivity index (χ0) is 13.8. The van der Waals surface area contributed by atoms with Gasteiger partial charge in [0.1, 0.15) is 5.82 Å². The van der Waals surface area contributed by atoms with E-state index in [1.807, 2.05) is 12.1 Å². The van der Waals surface area contributed by atoms with Gasteiger partial charge in [0.05, 0.1) is 0 Å². The van der Waals surface area contributed by atoms with Crippen LogP contribution >= 0.6 is 11.3 Å². The summed E-state index contributed by atoms with van der Waals surface area (Å²) in [5.41, 5.74) is 6.35. The number of nitrogens with zero attached hydrogens (tertiary/aromatic N) is 2. The average Bonchev–Trinajstić information content (AvgIpc) is 2.76. The fourth-order valence-electron chi connectivity index (χ4n) is 1.86. The lowest BCUT2D eigenvalue weighted by molar-refractivity contribution is 0.203. The molecule has 0 unspecified atom stereocenters. The number of thiazole rings is 1. The van der Waals surface area contributed by atoms with Gasteiger partial charge >= 0.3 is 0 Å². The normalized spacial score (nSPS) is 11.4. The van der Waals surface area contributed by atoms with Crippen molar-refractivity contribution in [1.29, 1.82) is 0 Å². The van der Waals surface area contributed by atoms with Crippen LogP contribution in [0.15, 0.2) is 30.5 Å². The lowest BCUT2D eigenvalue weighted by Crippen LogP contribution is -2.29. The summed E-state index contributed by atoms with van der Waals surface area (Å²) in [5.74, 6) is -0.156. The lowest BCUT2D eigenvalue weighted by Gasteiger charge is -2.26. The molecule has 0 spiro atoms. The van der Waals surface area contributed by atoms with Crippen LogP contribution in [0.5, 0.6) is 0 Å². The molecule has 0 saturated carbocycles. The van der Waals surface area contributed by atoms with Gasteiger partial charge in [-0.05, 0) is 19.9 Å². The molecule has 1 aromatic heterocycles. The smallest absolute Gasteiger partial charge is 0.180 e. The largest absolute Gasteiger partial charge is 0.375 e. The Hall–Kier alpha value is -1.46. The molecule has 0 fully saturated rings. The molecule has 102 valence electrons. The highest BCUT2D eigenvalue weighted by Gasteiger charge is 2.14. The molecule has 0 aliphatic rings. The van der Waals surface area contributed by atoms with Crippen LogP contribution in [0.25, 0.3) is 0 Å². The summed E-state index contributed by atoms with van der Waals surface area (Å²) in [5, 5.41) is 0.574. The van der Waals surface area contributed by atoms with E-state index in [2.05, 4.69) is 23.7 Å². The van der Waals surface area contributed by atoms with E-state index in [4.69, 9.17) is 5.73 Å². The summed E-state index contributed by atoms with van der Waals surface area (Å²) in [7, 11) is 0. The molecule has 3 nitrogen and oxygen atoms in total. The van der Waals surface area contributed by atoms with Crippen LogP contribution in [0.4, 0.5) is 9.52 Å². The van der Waals surface area contributed by atoms with Crippen LogP contribution in [-0.4, -0.2) is 15.9 Å². The maximum absolute atomic E-state index is 13.7. The van der Waals surface area contributed by atoms with Crippen LogP contribution in [0, 0.1) is 5.82 Å². The Bertz CT molecular complexity index is 539. The van der Waals surface area contributed by atoms with Gasteiger partial charge in [-0.2, -0.15) is 0 Å². The molecule has 0 aliphatic carbocycles. The standard InChI is InChI=1S/C14H18FN3S/c1-10(2)18(9-12-7-17-14(16)19-12)8-11-5-3-4-6-13(11)15/h3-7,10H,8-9H2,1-2H3,(H2,16,17). The fraction of sp³-hybridized carbons (Fsp3) is 0.357. The second-order valence-corrected chi connectivity index (χ2v) is 5.90. The Kier molecular flexibility index (Phi) is 4.50. The van der Waals surface area contributed by atoms with Crippen molar-refractivity contribution < 1.29 is 4.39 Å². The predicted octanol–water partition coefficient (Wildman–Crippen LogP) is 3.28. The van der Waals surface area contributed by atoms with Gasteiger partial charge in [-0.3, -0.25) is 4.90 Å². The number of hydrogen-bond donors (Lipinski definition) is 1. The second-order valence-electron chi connectivity index (χ2n) is 4.75. The van der Waals surface area contributed by atoms with Crippen LogP contribution in [-0.2, 0) is 13.1 Å². The molecule has 2 aromatic rings. The van der Waals surface area contributed by atoms with Crippen LogP contribution in [0.1, 0.15) is 24.3 Å². The van der Waals surface area contributed by atoms with E-state index in [0.717, 1.165) is 11.4 Å². The first kappa shape index (κ1) is 14.0. The molecule has 1 aromatic carbocycles. The van der Waals surface area contributed by atoms with Crippen molar-refractivity contribution in [1.82, 2.24) is 9.88 Å². The number of halogens is 1. The minimum absolute atomic E-state index is 0.156. The molecule has 19 heavy (non-hydrogen) atoms. The van der Waals surface area contributed by atoms with Gasteiger partial charge in [0, 0.05) is 35.8 Å². The molecule has 2 rings (SSSR count). The molecular formula is C14H18FN3S. The van der Waals surface area contributed by atoms with Crippen molar-refractivity contribution in [2.24, 2.45) is 0 Å². The topological polar surface area (TPSA) is 42.2 Å². The highest BCUT2D eigenvalue weighted by molar-refractivity contribution is 7.15. The van der Waals surface area contributed by atoms with Crippen LogP contribution < -0.4 is 5.73 Å². The van der Waals surface area contributed by atoms with Gasteiger partial charge in [0.25, 0.3) is 0 Å². The molecule has 0 saturated heterocycles. The first-order valence-corrected chi connectivity index (χ1v) is 7.05. The first-order valence-electron chi connectivity index (χ1n) is 6.24. The van der Waals surface area contributed by atoms with Gasteiger partial charge in [-0.15, -0.1) is 11.3 Å². The molecule has 2 N–H and O–H groups in total. The van der Waals surface area contributed by atoms with Crippen molar-refractivity contribution in [3.05, 3.63) is 46.7 Å². The molecule has 1 heterocycles. The molecule has 0 radical (unpaired) electrons. The first-order chi connectivity index (χ1) is 9.06. The summed E-state index contributed by atoms with van der Waals surface area (Å²) in [6, 6.07) is 7.22. The van der Waals surface area contributed by atoms with Gasteiger partial charge in [0.15, 0.2) is 5.13 Å². The third-order valence-electron chi connectivity index (χ3n) is 2.99. The van der Waals surface area contributed by atoms with E-state index < -0.39 is 0 Å². The minimum Gasteiger partial charge on any atom is -0.375 e. The Morgan fingerprint density at radius 1 is 1.32 bits per heavy atom. The van der Waals surface area contributed by atoms with E-state index in [0.29, 0.717) is 23.3 Å². The maximum atomic E-state index is 13.7. The van der Waals surface area contributed by atoms with Crippen molar-refractivity contribution in [2.75, 3.05) is 5.73 Å². The third-order valence-corrected chi connectivity index (χ3v) is 3.80. The number of nitrogens with two attached hydrogens (primary N) is 1. The van der Waals surface area contributed by atoms with Crippen molar-refractivity contribution in [2.45, 2.75) is 33.0 Å². The monoisotopic (exact) mass is 279 g/mol. The van der Waals surface area contributed by atoms with Gasteiger partial charge in [-0.1, -0.05) is 18.2 Å². The number of anilines is 1. The number of benzene rings is 1. The average molecular weight is 279 g/mol. The Labute approximate surface area is 116 Å². The lowest BCUT2D eigenvalue weighted by atomic mass is 10.1. The van der Waals surface area contributed by atoms with Crippen LogP contribution in [0.3, 0.4) is 0 Å². The van der Waals surface area contributed by atoms with Crippen LogP contribution in [0.2, 0.25) is 0 Å². The summed E-state index contributed by atoms with van der Waals surface area (Å²) >= 11 is 1.48. The SMILES string of the molecule is CC(C)N(Cc1cnc(N)s1)Cc1ccccc1F. The molecular weight excluding hydrogens is 261 g/mol. The Morgan fingerprint density at radius 2 is 2.05 bits per heavy atom. The second kappa shape index (κ2) is 6.12. The zero-order valence-electron chi connectivity index (χ0n) is 11.1. The number of rotatable bonds is 5. The zero-order valence-corrected chi connectivity index (χ0v) is 12.0. The van der Waals surface area contributed by atoms with Crippen molar-refractivity contribution >= 4 is 16.5 Å². The van der Waals surface area contributed by atoms with Gasteiger partial charge in [-0.25, -0.2) is 9.37 Å². The number of nitrogen functional groups attached to an aromatic ring is 1. The molecule has 5 heteroatoms. The number of aromatic nitrogens is 1. The minimum atomic E-state index is -0.156. The fourth-order valence-corrected chi connectivity index (χ4v) is 2.57. The highest BCUT2D eigenvalue weighted by Crippen LogP contribution is 2.20.